The van der Waals surface area contributed by atoms with Crippen LogP contribution in [0.15, 0.2) is 30.3 Å². The molecular formula is C14H20N2S. The van der Waals surface area contributed by atoms with Gasteiger partial charge in [0.15, 0.2) is 5.11 Å². The van der Waals surface area contributed by atoms with Crippen molar-refractivity contribution in [2.75, 3.05) is 6.54 Å². The molecule has 0 radical (unpaired) electrons. The minimum Gasteiger partial charge on any atom is -0.363 e. The number of rotatable bonds is 5. The molecule has 92 valence electrons. The summed E-state index contributed by atoms with van der Waals surface area (Å²) in [6.45, 7) is 3.16. The van der Waals surface area contributed by atoms with Crippen LogP contribution in [0, 0.1) is 0 Å². The van der Waals surface area contributed by atoms with E-state index in [1.165, 1.54) is 24.8 Å². The Balaban J connectivity index is 1.71. The maximum absolute atomic E-state index is 5.26. The van der Waals surface area contributed by atoms with E-state index in [9.17, 15) is 0 Å². The minimum absolute atomic E-state index is 0.527. The van der Waals surface area contributed by atoms with Gasteiger partial charge in [0.2, 0.25) is 0 Å². The van der Waals surface area contributed by atoms with Crippen LogP contribution in [-0.4, -0.2) is 17.7 Å². The fraction of sp³-hybridized carbons (Fsp3) is 0.500. The largest absolute Gasteiger partial charge is 0.363 e. The second-order valence-corrected chi connectivity index (χ2v) is 5.02. The van der Waals surface area contributed by atoms with Crippen molar-refractivity contribution in [3.63, 3.8) is 0 Å². The molecule has 0 heterocycles. The number of hydrogen-bond donors (Lipinski definition) is 2. The Bertz CT molecular complexity index is 364. The van der Waals surface area contributed by atoms with Gasteiger partial charge in [-0.15, -0.1) is 0 Å². The molecule has 0 aromatic heterocycles. The average Bonchev–Trinajstić information content (AvgIpc) is 3.10. The molecule has 0 bridgehead atoms. The van der Waals surface area contributed by atoms with Crippen LogP contribution in [0.5, 0.6) is 0 Å². The van der Waals surface area contributed by atoms with Gasteiger partial charge in [0.25, 0.3) is 0 Å². The summed E-state index contributed by atoms with van der Waals surface area (Å²) in [6, 6.07) is 11.2. The van der Waals surface area contributed by atoms with Gasteiger partial charge in [0.1, 0.15) is 0 Å². The molecule has 1 saturated carbocycles. The van der Waals surface area contributed by atoms with Crippen molar-refractivity contribution < 1.29 is 0 Å². The van der Waals surface area contributed by atoms with Crippen molar-refractivity contribution in [1.29, 1.82) is 0 Å². The Labute approximate surface area is 109 Å². The van der Waals surface area contributed by atoms with Gasteiger partial charge in [-0.05, 0) is 30.6 Å². The Kier molecular flexibility index (Phi) is 4.37. The maximum Gasteiger partial charge on any atom is 0.166 e. The summed E-state index contributed by atoms with van der Waals surface area (Å²) in [5.74, 6) is 0.641. The summed E-state index contributed by atoms with van der Waals surface area (Å²) in [6.07, 6.45) is 3.57. The molecule has 1 aliphatic rings. The molecule has 0 aliphatic heterocycles. The molecule has 1 aliphatic carbocycles. The molecule has 17 heavy (non-hydrogen) atoms. The second kappa shape index (κ2) is 6.01. The highest BCUT2D eigenvalue weighted by Crippen LogP contribution is 2.40. The standard InChI is InChI=1S/C14H20N2S/c1-2-3-9-15-14(17)16-13-10-12(13)11-7-5-4-6-8-11/h4-8,12-13H,2-3,9-10H2,1H3,(H2,15,16,17). The van der Waals surface area contributed by atoms with Crippen LogP contribution in [-0.2, 0) is 0 Å². The normalized spacial score (nSPS) is 21.9. The van der Waals surface area contributed by atoms with Crippen molar-refractivity contribution in [2.24, 2.45) is 0 Å². The summed E-state index contributed by atoms with van der Waals surface area (Å²) in [4.78, 5) is 0. The Morgan fingerprint density at radius 3 is 2.82 bits per heavy atom. The lowest BCUT2D eigenvalue weighted by molar-refractivity contribution is 0.735. The molecular weight excluding hydrogens is 228 g/mol. The van der Waals surface area contributed by atoms with Crippen LogP contribution in [0.4, 0.5) is 0 Å². The third-order valence-corrected chi connectivity index (χ3v) is 3.41. The van der Waals surface area contributed by atoms with E-state index >= 15 is 0 Å². The van der Waals surface area contributed by atoms with E-state index in [1.807, 2.05) is 0 Å². The lowest BCUT2D eigenvalue weighted by Crippen LogP contribution is -2.37. The lowest BCUT2D eigenvalue weighted by Gasteiger charge is -2.09. The van der Waals surface area contributed by atoms with Gasteiger partial charge in [0.05, 0.1) is 0 Å². The Morgan fingerprint density at radius 1 is 1.35 bits per heavy atom. The van der Waals surface area contributed by atoms with E-state index in [0.717, 1.165) is 11.7 Å². The zero-order chi connectivity index (χ0) is 12.1. The van der Waals surface area contributed by atoms with Crippen molar-refractivity contribution in [3.05, 3.63) is 35.9 Å². The molecule has 0 amide bonds. The topological polar surface area (TPSA) is 24.1 Å². The summed E-state index contributed by atoms with van der Waals surface area (Å²) in [5, 5.41) is 7.44. The highest BCUT2D eigenvalue weighted by Gasteiger charge is 2.38. The maximum atomic E-state index is 5.26. The number of unbranched alkanes of at least 4 members (excludes halogenated alkanes) is 1. The average molecular weight is 248 g/mol. The van der Waals surface area contributed by atoms with E-state index in [2.05, 4.69) is 47.9 Å². The highest BCUT2D eigenvalue weighted by atomic mass is 32.1. The summed E-state index contributed by atoms with van der Waals surface area (Å²) in [7, 11) is 0. The SMILES string of the molecule is CCCCNC(=S)NC1CC1c1ccccc1. The van der Waals surface area contributed by atoms with E-state index < -0.39 is 0 Å². The van der Waals surface area contributed by atoms with Crippen LogP contribution >= 0.6 is 12.2 Å². The van der Waals surface area contributed by atoms with Gasteiger partial charge < -0.3 is 10.6 Å². The quantitative estimate of drug-likeness (QED) is 0.619. The molecule has 1 aromatic rings. The van der Waals surface area contributed by atoms with Crippen LogP contribution in [0.1, 0.15) is 37.7 Å². The van der Waals surface area contributed by atoms with E-state index in [4.69, 9.17) is 12.2 Å². The summed E-state index contributed by atoms with van der Waals surface area (Å²) < 4.78 is 0. The van der Waals surface area contributed by atoms with Crippen LogP contribution in [0.3, 0.4) is 0 Å². The third-order valence-electron chi connectivity index (χ3n) is 3.15. The smallest absolute Gasteiger partial charge is 0.166 e. The first-order valence-corrected chi connectivity index (χ1v) is 6.81. The Morgan fingerprint density at radius 2 is 2.12 bits per heavy atom. The van der Waals surface area contributed by atoms with Gasteiger partial charge in [-0.25, -0.2) is 0 Å². The first-order chi connectivity index (χ1) is 8.31. The first kappa shape index (κ1) is 12.4. The van der Waals surface area contributed by atoms with Crippen LogP contribution in [0.25, 0.3) is 0 Å². The summed E-state index contributed by atoms with van der Waals surface area (Å²) >= 11 is 5.26. The van der Waals surface area contributed by atoms with Crippen molar-refractivity contribution in [3.8, 4) is 0 Å². The molecule has 2 rings (SSSR count). The van der Waals surface area contributed by atoms with Crippen LogP contribution in [0.2, 0.25) is 0 Å². The fourth-order valence-corrected chi connectivity index (χ4v) is 2.27. The molecule has 0 saturated heterocycles. The van der Waals surface area contributed by atoms with Crippen LogP contribution < -0.4 is 10.6 Å². The predicted octanol–water partition coefficient (Wildman–Crippen LogP) is 2.81. The number of benzene rings is 1. The van der Waals surface area contributed by atoms with Gasteiger partial charge in [0, 0.05) is 18.5 Å². The zero-order valence-electron chi connectivity index (χ0n) is 10.3. The minimum atomic E-state index is 0.527. The van der Waals surface area contributed by atoms with Gasteiger partial charge >= 0.3 is 0 Å². The lowest BCUT2D eigenvalue weighted by atomic mass is 10.1. The van der Waals surface area contributed by atoms with Crippen molar-refractivity contribution in [2.45, 2.75) is 38.1 Å². The number of hydrogen-bond acceptors (Lipinski definition) is 1. The molecule has 1 fully saturated rings. The molecule has 2 atom stereocenters. The van der Waals surface area contributed by atoms with Gasteiger partial charge in [-0.3, -0.25) is 0 Å². The highest BCUT2D eigenvalue weighted by molar-refractivity contribution is 7.80. The summed E-state index contributed by atoms with van der Waals surface area (Å²) in [5.41, 5.74) is 1.42. The molecule has 2 unspecified atom stereocenters. The van der Waals surface area contributed by atoms with Crippen molar-refractivity contribution in [1.82, 2.24) is 10.6 Å². The number of nitrogens with one attached hydrogen (secondary N) is 2. The molecule has 1 aromatic carbocycles. The molecule has 0 spiro atoms. The third kappa shape index (κ3) is 3.70. The zero-order valence-corrected chi connectivity index (χ0v) is 11.1. The van der Waals surface area contributed by atoms with Crippen molar-refractivity contribution >= 4 is 17.3 Å². The molecule has 3 heteroatoms. The fourth-order valence-electron chi connectivity index (χ4n) is 2.02. The van der Waals surface area contributed by atoms with E-state index in [0.29, 0.717) is 12.0 Å². The van der Waals surface area contributed by atoms with Gasteiger partial charge in [-0.1, -0.05) is 43.7 Å². The predicted molar refractivity (Wildman–Crippen MR) is 76.2 cm³/mol. The first-order valence-electron chi connectivity index (χ1n) is 6.40. The van der Waals surface area contributed by atoms with E-state index in [1.54, 1.807) is 0 Å². The van der Waals surface area contributed by atoms with E-state index in [-0.39, 0.29) is 0 Å². The molecule has 2 nitrogen and oxygen atoms in total. The number of thiocarbonyl (C=S) groups is 1. The monoisotopic (exact) mass is 248 g/mol. The second-order valence-electron chi connectivity index (χ2n) is 4.61. The Hall–Kier alpha value is -1.09. The van der Waals surface area contributed by atoms with Gasteiger partial charge in [-0.2, -0.15) is 0 Å². The molecule has 2 N–H and O–H groups in total.